The fourth-order valence-electron chi connectivity index (χ4n) is 1.63. The third kappa shape index (κ3) is 2.90. The molecule has 0 spiro atoms. The Morgan fingerprint density at radius 3 is 2.19 bits per heavy atom. The molecule has 1 atom stereocenters. The van der Waals surface area contributed by atoms with Gasteiger partial charge in [-0.2, -0.15) is 0 Å². The summed E-state index contributed by atoms with van der Waals surface area (Å²) in [4.78, 5) is 22.2. The quantitative estimate of drug-likeness (QED) is 0.770. The van der Waals surface area contributed by atoms with E-state index in [1.165, 1.54) is 0 Å². The molecule has 2 N–H and O–H groups in total. The summed E-state index contributed by atoms with van der Waals surface area (Å²) in [5, 5.41) is 11.1. The second kappa shape index (κ2) is 4.35. The zero-order valence-corrected chi connectivity index (χ0v) is 9.17. The van der Waals surface area contributed by atoms with Crippen molar-refractivity contribution in [3.8, 4) is 0 Å². The van der Waals surface area contributed by atoms with E-state index in [1.807, 2.05) is 0 Å². The molecule has 16 heavy (non-hydrogen) atoms. The minimum Gasteiger partial charge on any atom is -0.480 e. The van der Waals surface area contributed by atoms with Gasteiger partial charge in [-0.15, -0.1) is 0 Å². The van der Waals surface area contributed by atoms with Crippen molar-refractivity contribution in [1.82, 2.24) is 5.32 Å². The van der Waals surface area contributed by atoms with Crippen LogP contribution < -0.4 is 5.32 Å². The minimum atomic E-state index is -2.77. The SMILES string of the molecule is CC(C)[C@@H](NC(=O)C1CC(F)(F)C1)C(=O)O. The topological polar surface area (TPSA) is 66.4 Å². The molecule has 0 unspecified atom stereocenters. The molecule has 0 aromatic rings. The first kappa shape index (κ1) is 12.9. The van der Waals surface area contributed by atoms with Crippen molar-refractivity contribution >= 4 is 11.9 Å². The van der Waals surface area contributed by atoms with Crippen molar-refractivity contribution in [2.24, 2.45) is 11.8 Å². The zero-order valence-electron chi connectivity index (χ0n) is 9.17. The third-order valence-corrected chi connectivity index (χ3v) is 2.69. The van der Waals surface area contributed by atoms with Gasteiger partial charge in [-0.05, 0) is 5.92 Å². The van der Waals surface area contributed by atoms with Gasteiger partial charge in [0.25, 0.3) is 0 Å². The van der Waals surface area contributed by atoms with E-state index in [9.17, 15) is 18.4 Å². The Kier molecular flexibility index (Phi) is 3.50. The van der Waals surface area contributed by atoms with Crippen molar-refractivity contribution in [2.75, 3.05) is 0 Å². The highest BCUT2D eigenvalue weighted by Crippen LogP contribution is 2.42. The molecule has 1 rings (SSSR count). The van der Waals surface area contributed by atoms with Crippen LogP contribution >= 0.6 is 0 Å². The van der Waals surface area contributed by atoms with Crippen molar-refractivity contribution in [3.05, 3.63) is 0 Å². The molecule has 1 aliphatic rings. The molecule has 6 heteroatoms. The van der Waals surface area contributed by atoms with Crippen molar-refractivity contribution in [1.29, 1.82) is 0 Å². The van der Waals surface area contributed by atoms with E-state index in [2.05, 4.69) is 5.32 Å². The van der Waals surface area contributed by atoms with Crippen LogP contribution in [0.1, 0.15) is 26.7 Å². The maximum atomic E-state index is 12.5. The first-order valence-corrected chi connectivity index (χ1v) is 5.14. The van der Waals surface area contributed by atoms with Crippen LogP contribution in [-0.4, -0.2) is 28.9 Å². The standard InChI is InChI=1S/C10H15F2NO3/c1-5(2)7(9(15)16)13-8(14)6-3-10(11,12)4-6/h5-7H,3-4H2,1-2H3,(H,13,14)(H,15,16)/t7-/m1/s1. The number of carbonyl (C=O) groups is 2. The summed E-state index contributed by atoms with van der Waals surface area (Å²) in [6.07, 6.45) is -0.966. The number of amides is 1. The number of carboxylic acid groups (broad SMARTS) is 1. The normalized spacial score (nSPS) is 21.3. The highest BCUT2D eigenvalue weighted by Gasteiger charge is 2.49. The van der Waals surface area contributed by atoms with E-state index in [0.29, 0.717) is 0 Å². The van der Waals surface area contributed by atoms with Crippen molar-refractivity contribution in [2.45, 2.75) is 38.7 Å². The smallest absolute Gasteiger partial charge is 0.326 e. The van der Waals surface area contributed by atoms with Gasteiger partial charge >= 0.3 is 5.97 Å². The maximum absolute atomic E-state index is 12.5. The van der Waals surface area contributed by atoms with E-state index in [1.54, 1.807) is 13.8 Å². The summed E-state index contributed by atoms with van der Waals surface area (Å²) in [5.74, 6) is -5.53. The lowest BCUT2D eigenvalue weighted by atomic mass is 9.80. The molecular formula is C10H15F2NO3. The Balaban J connectivity index is 2.48. The van der Waals surface area contributed by atoms with Crippen LogP contribution in [0.5, 0.6) is 0 Å². The monoisotopic (exact) mass is 235 g/mol. The summed E-state index contributed by atoms with van der Waals surface area (Å²) in [6.45, 7) is 3.29. The van der Waals surface area contributed by atoms with Gasteiger partial charge in [-0.1, -0.05) is 13.8 Å². The molecule has 92 valence electrons. The second-order valence-electron chi connectivity index (χ2n) is 4.53. The van der Waals surface area contributed by atoms with Gasteiger partial charge in [0.15, 0.2) is 0 Å². The highest BCUT2D eigenvalue weighted by atomic mass is 19.3. The van der Waals surface area contributed by atoms with Gasteiger partial charge in [0.05, 0.1) is 0 Å². The number of hydrogen-bond donors (Lipinski definition) is 2. The van der Waals surface area contributed by atoms with E-state index < -0.39 is 42.6 Å². The second-order valence-corrected chi connectivity index (χ2v) is 4.53. The molecule has 0 bridgehead atoms. The van der Waals surface area contributed by atoms with Crippen LogP contribution in [0.4, 0.5) is 8.78 Å². The molecule has 0 radical (unpaired) electrons. The average Bonchev–Trinajstić information content (AvgIpc) is 2.08. The van der Waals surface area contributed by atoms with Crippen LogP contribution in [0.25, 0.3) is 0 Å². The Hall–Kier alpha value is -1.20. The first-order valence-electron chi connectivity index (χ1n) is 5.14. The number of carbonyl (C=O) groups excluding carboxylic acids is 1. The third-order valence-electron chi connectivity index (χ3n) is 2.69. The number of carboxylic acids is 1. The Labute approximate surface area is 92.0 Å². The van der Waals surface area contributed by atoms with Crippen LogP contribution in [0.3, 0.4) is 0 Å². The van der Waals surface area contributed by atoms with Gasteiger partial charge in [-0.25, -0.2) is 13.6 Å². The molecule has 1 saturated carbocycles. The van der Waals surface area contributed by atoms with Crippen LogP contribution in [0, 0.1) is 11.8 Å². The zero-order chi connectivity index (χ0) is 12.5. The Morgan fingerprint density at radius 2 is 1.88 bits per heavy atom. The average molecular weight is 235 g/mol. The van der Waals surface area contributed by atoms with Gasteiger partial charge in [0.1, 0.15) is 6.04 Å². The number of aliphatic carboxylic acids is 1. The van der Waals surface area contributed by atoms with Crippen molar-refractivity contribution < 1.29 is 23.5 Å². The maximum Gasteiger partial charge on any atom is 0.326 e. The summed E-state index contributed by atoms with van der Waals surface area (Å²) in [6, 6.07) is -1.01. The molecule has 0 saturated heterocycles. The Morgan fingerprint density at radius 1 is 1.38 bits per heavy atom. The molecule has 4 nitrogen and oxygen atoms in total. The first-order chi connectivity index (χ1) is 7.23. The fraction of sp³-hybridized carbons (Fsp3) is 0.800. The summed E-state index contributed by atoms with van der Waals surface area (Å²) in [7, 11) is 0. The molecular weight excluding hydrogens is 220 g/mol. The summed E-state index contributed by atoms with van der Waals surface area (Å²) in [5.41, 5.74) is 0. The molecule has 1 amide bonds. The lowest BCUT2D eigenvalue weighted by Crippen LogP contribution is -2.51. The van der Waals surface area contributed by atoms with Gasteiger partial charge in [0, 0.05) is 18.8 Å². The molecule has 0 aromatic heterocycles. The fourth-order valence-corrected chi connectivity index (χ4v) is 1.63. The number of nitrogens with one attached hydrogen (secondary N) is 1. The molecule has 0 aliphatic heterocycles. The van der Waals surface area contributed by atoms with Gasteiger partial charge < -0.3 is 10.4 Å². The number of halogens is 2. The largest absolute Gasteiger partial charge is 0.480 e. The highest BCUT2D eigenvalue weighted by molar-refractivity contribution is 5.85. The molecule has 0 aromatic carbocycles. The minimum absolute atomic E-state index is 0.276. The molecule has 1 aliphatic carbocycles. The summed E-state index contributed by atoms with van der Waals surface area (Å²) < 4.78 is 25.0. The number of rotatable bonds is 4. The van der Waals surface area contributed by atoms with Crippen LogP contribution in [0.15, 0.2) is 0 Å². The molecule has 0 heterocycles. The predicted molar refractivity (Wildman–Crippen MR) is 52.1 cm³/mol. The lowest BCUT2D eigenvalue weighted by Gasteiger charge is -2.34. The van der Waals surface area contributed by atoms with E-state index in [-0.39, 0.29) is 5.92 Å². The lowest BCUT2D eigenvalue weighted by molar-refractivity contribution is -0.154. The van der Waals surface area contributed by atoms with Gasteiger partial charge in [-0.3, -0.25) is 4.79 Å². The number of hydrogen-bond acceptors (Lipinski definition) is 2. The Bertz CT molecular complexity index is 296. The van der Waals surface area contributed by atoms with Crippen molar-refractivity contribution in [3.63, 3.8) is 0 Å². The summed E-state index contributed by atoms with van der Waals surface area (Å²) >= 11 is 0. The predicted octanol–water partition coefficient (Wildman–Crippen LogP) is 1.26. The van der Waals surface area contributed by atoms with E-state index in [4.69, 9.17) is 5.11 Å². The number of alkyl halides is 2. The molecule has 1 fully saturated rings. The van der Waals surface area contributed by atoms with E-state index >= 15 is 0 Å². The van der Waals surface area contributed by atoms with Gasteiger partial charge in [0.2, 0.25) is 11.8 Å². The van der Waals surface area contributed by atoms with Crippen LogP contribution in [0.2, 0.25) is 0 Å². The van der Waals surface area contributed by atoms with Crippen LogP contribution in [-0.2, 0) is 9.59 Å². The van der Waals surface area contributed by atoms with E-state index in [0.717, 1.165) is 0 Å².